The lowest BCUT2D eigenvalue weighted by Crippen LogP contribution is -2.60. The summed E-state index contributed by atoms with van der Waals surface area (Å²) in [4.78, 5) is 49.1. The van der Waals surface area contributed by atoms with Crippen molar-refractivity contribution in [1.29, 1.82) is 0 Å². The molecule has 1 aliphatic heterocycles. The number of benzene rings is 2. The number of anilines is 2. The predicted octanol–water partition coefficient (Wildman–Crippen LogP) is 3.84. The highest BCUT2D eigenvalue weighted by Crippen LogP contribution is 2.44. The number of fused-ring (bicyclic) bond motifs is 2. The molecular formula is C30H35N5O3S. The van der Waals surface area contributed by atoms with Gasteiger partial charge in [-0.2, -0.15) is 11.8 Å². The number of thioether (sulfide) groups is 1. The Morgan fingerprint density at radius 3 is 2.49 bits per heavy atom. The molecule has 9 heteroatoms. The van der Waals surface area contributed by atoms with Crippen molar-refractivity contribution in [3.63, 3.8) is 0 Å². The van der Waals surface area contributed by atoms with Gasteiger partial charge < -0.3 is 20.4 Å². The number of nitrogens with one attached hydrogen (secondary N) is 2. The average Bonchev–Trinajstić information content (AvgIpc) is 3.80. The summed E-state index contributed by atoms with van der Waals surface area (Å²) in [6.45, 7) is 3.90. The molecule has 3 atom stereocenters. The van der Waals surface area contributed by atoms with Gasteiger partial charge in [-0.05, 0) is 75.2 Å². The van der Waals surface area contributed by atoms with Gasteiger partial charge in [0.25, 0.3) is 5.91 Å². The summed E-state index contributed by atoms with van der Waals surface area (Å²) in [5.41, 5.74) is 4.43. The van der Waals surface area contributed by atoms with Gasteiger partial charge in [-0.25, -0.2) is 0 Å². The van der Waals surface area contributed by atoms with E-state index < -0.39 is 18.1 Å². The van der Waals surface area contributed by atoms with E-state index in [-0.39, 0.29) is 23.5 Å². The van der Waals surface area contributed by atoms with E-state index in [0.717, 1.165) is 34.9 Å². The van der Waals surface area contributed by atoms with Crippen LogP contribution < -0.4 is 20.4 Å². The molecule has 1 fully saturated rings. The first-order valence-corrected chi connectivity index (χ1v) is 14.8. The van der Waals surface area contributed by atoms with E-state index >= 15 is 0 Å². The maximum Gasteiger partial charge on any atom is 0.252 e. The predicted molar refractivity (Wildman–Crippen MR) is 157 cm³/mol. The summed E-state index contributed by atoms with van der Waals surface area (Å²) >= 11 is 1.43. The summed E-state index contributed by atoms with van der Waals surface area (Å²) in [6, 6.07) is 13.5. The molecule has 0 bridgehead atoms. The molecule has 0 spiro atoms. The van der Waals surface area contributed by atoms with Crippen LogP contribution in [0.2, 0.25) is 0 Å². The number of nitrogens with zero attached hydrogens (tertiary/aromatic N) is 3. The molecule has 2 aliphatic rings. The molecule has 3 amide bonds. The molecule has 8 nitrogen and oxygen atoms in total. The summed E-state index contributed by atoms with van der Waals surface area (Å²) in [5, 5.41) is 6.93. The van der Waals surface area contributed by atoms with E-state index in [9.17, 15) is 14.4 Å². The van der Waals surface area contributed by atoms with Crippen molar-refractivity contribution >= 4 is 51.8 Å². The minimum Gasteiger partial charge on any atom is -0.341 e. The first-order valence-electron chi connectivity index (χ1n) is 13.4. The molecule has 1 unspecified atom stereocenters. The Kier molecular flexibility index (Phi) is 7.91. The van der Waals surface area contributed by atoms with E-state index in [1.165, 1.54) is 11.8 Å². The van der Waals surface area contributed by atoms with Crippen LogP contribution in [0.1, 0.15) is 43.7 Å². The summed E-state index contributed by atoms with van der Waals surface area (Å²) in [5.74, 6) is 0.0555. The molecule has 3 aromatic rings. The van der Waals surface area contributed by atoms with Gasteiger partial charge in [-0.15, -0.1) is 0 Å². The molecule has 2 aromatic carbocycles. The van der Waals surface area contributed by atoms with Crippen LogP contribution in [0.4, 0.5) is 11.4 Å². The minimum absolute atomic E-state index is 0.106. The van der Waals surface area contributed by atoms with Crippen molar-refractivity contribution in [3.8, 4) is 0 Å². The highest BCUT2D eigenvalue weighted by Gasteiger charge is 2.42. The Bertz CT molecular complexity index is 1410. The van der Waals surface area contributed by atoms with E-state index in [4.69, 9.17) is 4.98 Å². The van der Waals surface area contributed by atoms with Crippen LogP contribution in [0.15, 0.2) is 54.7 Å². The number of carbonyl (C=O) groups excluding carboxylic acids is 3. The zero-order chi connectivity index (χ0) is 27.7. The van der Waals surface area contributed by atoms with Gasteiger partial charge in [-0.1, -0.05) is 30.3 Å². The zero-order valence-corrected chi connectivity index (χ0v) is 23.6. The minimum atomic E-state index is -0.927. The molecule has 1 saturated carbocycles. The van der Waals surface area contributed by atoms with Crippen molar-refractivity contribution in [3.05, 3.63) is 65.9 Å². The number of pyridine rings is 1. The first-order chi connectivity index (χ1) is 18.8. The number of aromatic nitrogens is 1. The molecule has 204 valence electrons. The van der Waals surface area contributed by atoms with E-state index in [1.54, 1.807) is 23.8 Å². The zero-order valence-electron chi connectivity index (χ0n) is 22.8. The largest absolute Gasteiger partial charge is 0.341 e. The van der Waals surface area contributed by atoms with Crippen LogP contribution in [-0.2, 0) is 20.9 Å². The number of hydrogen-bond donors (Lipinski definition) is 2. The van der Waals surface area contributed by atoms with Gasteiger partial charge in [0, 0.05) is 11.6 Å². The van der Waals surface area contributed by atoms with Crippen LogP contribution in [0, 0.1) is 0 Å². The lowest BCUT2D eigenvalue weighted by molar-refractivity contribution is -0.129. The maximum absolute atomic E-state index is 14.5. The molecule has 2 heterocycles. The van der Waals surface area contributed by atoms with Gasteiger partial charge in [0.1, 0.15) is 6.04 Å². The number of amides is 3. The average molecular weight is 546 g/mol. The third-order valence-corrected chi connectivity index (χ3v) is 8.30. The topological polar surface area (TPSA) is 94.6 Å². The van der Waals surface area contributed by atoms with Crippen molar-refractivity contribution in [1.82, 2.24) is 15.6 Å². The van der Waals surface area contributed by atoms with Gasteiger partial charge in [0.15, 0.2) is 0 Å². The quantitative estimate of drug-likeness (QED) is 0.447. The summed E-state index contributed by atoms with van der Waals surface area (Å²) in [6.07, 6.45) is 6.04. The fraction of sp³-hybridized carbons (Fsp3) is 0.400. The van der Waals surface area contributed by atoms with Gasteiger partial charge >= 0.3 is 0 Å². The van der Waals surface area contributed by atoms with Gasteiger partial charge in [0.2, 0.25) is 11.8 Å². The van der Waals surface area contributed by atoms with Crippen molar-refractivity contribution < 1.29 is 14.4 Å². The SMILES string of the molecule is CN[C@@H](C)C(=O)NC1C(=O)N(Cc2c(C3CC3)cnc3ccccc23)c2ccccc2N(C(=O)CSC)[C@H]1C. The molecule has 39 heavy (non-hydrogen) atoms. The fourth-order valence-electron chi connectivity index (χ4n) is 5.36. The monoisotopic (exact) mass is 545 g/mol. The van der Waals surface area contributed by atoms with Crippen LogP contribution in [-0.4, -0.2) is 59.9 Å². The lowest BCUT2D eigenvalue weighted by Gasteiger charge is -2.32. The molecular weight excluding hydrogens is 510 g/mol. The molecule has 5 rings (SSSR count). The Hall–Kier alpha value is -3.43. The van der Waals surface area contributed by atoms with E-state index in [2.05, 4.69) is 16.7 Å². The Morgan fingerprint density at radius 2 is 1.79 bits per heavy atom. The van der Waals surface area contributed by atoms with Crippen LogP contribution in [0.3, 0.4) is 0 Å². The Balaban J connectivity index is 1.66. The number of para-hydroxylation sites is 3. The van der Waals surface area contributed by atoms with Gasteiger partial charge in [0.05, 0.1) is 41.3 Å². The summed E-state index contributed by atoms with van der Waals surface area (Å²) in [7, 11) is 1.70. The van der Waals surface area contributed by atoms with Crippen LogP contribution in [0.5, 0.6) is 0 Å². The van der Waals surface area contributed by atoms with Crippen LogP contribution in [0.25, 0.3) is 10.9 Å². The lowest BCUT2D eigenvalue weighted by atomic mass is 9.99. The van der Waals surface area contributed by atoms with Crippen molar-refractivity contribution in [2.45, 2.75) is 57.3 Å². The number of likely N-dealkylation sites (N-methyl/N-ethyl adjacent to an activating group) is 1. The maximum atomic E-state index is 14.5. The molecule has 2 N–H and O–H groups in total. The fourth-order valence-corrected chi connectivity index (χ4v) is 5.75. The third kappa shape index (κ3) is 5.25. The standard InChI is InChI=1S/C30H35N5O3S/c1-18(31-3)29(37)33-28-19(2)35(27(36)17-39-4)26-12-8-7-11-25(26)34(30(28)38)16-23-21-9-5-6-10-24(21)32-15-22(23)20-13-14-20/h5-12,15,18-20,28,31H,13-14,16-17H2,1-4H3,(H,33,37)/t18-,19-,28?/m0/s1. The van der Waals surface area contributed by atoms with Crippen LogP contribution >= 0.6 is 11.8 Å². The molecule has 1 aliphatic carbocycles. The normalized spacial score (nSPS) is 19.9. The summed E-state index contributed by atoms with van der Waals surface area (Å²) < 4.78 is 0. The highest BCUT2D eigenvalue weighted by molar-refractivity contribution is 7.99. The molecule has 0 radical (unpaired) electrons. The smallest absolute Gasteiger partial charge is 0.252 e. The second-order valence-corrected chi connectivity index (χ2v) is 11.2. The second kappa shape index (κ2) is 11.4. The van der Waals surface area contributed by atoms with Crippen molar-refractivity contribution in [2.24, 2.45) is 0 Å². The second-order valence-electron chi connectivity index (χ2n) is 10.3. The third-order valence-electron chi connectivity index (χ3n) is 7.77. The Labute approximate surface area is 233 Å². The van der Waals surface area contributed by atoms with Gasteiger partial charge in [-0.3, -0.25) is 19.4 Å². The number of hydrogen-bond acceptors (Lipinski definition) is 6. The Morgan fingerprint density at radius 1 is 1.10 bits per heavy atom. The van der Waals surface area contributed by atoms with Crippen molar-refractivity contribution in [2.75, 3.05) is 28.9 Å². The number of carbonyl (C=O) groups is 3. The first kappa shape index (κ1) is 27.1. The number of rotatable bonds is 8. The highest BCUT2D eigenvalue weighted by atomic mass is 32.2. The van der Waals surface area contributed by atoms with E-state index in [0.29, 0.717) is 23.8 Å². The van der Waals surface area contributed by atoms with E-state index in [1.807, 2.05) is 61.8 Å². The molecule has 1 aromatic heterocycles. The molecule has 0 saturated heterocycles.